The summed E-state index contributed by atoms with van der Waals surface area (Å²) in [4.78, 5) is 26.6. The van der Waals surface area contributed by atoms with Gasteiger partial charge in [0.25, 0.3) is 0 Å². The maximum absolute atomic E-state index is 12.4. The molecule has 0 bridgehead atoms. The van der Waals surface area contributed by atoms with Crippen LogP contribution < -0.4 is 10.9 Å². The first-order valence-electron chi connectivity index (χ1n) is 8.71. The average Bonchev–Trinajstić information content (AvgIpc) is 3.14. The van der Waals surface area contributed by atoms with Crippen molar-refractivity contribution in [2.45, 2.75) is 44.7 Å². The molecular weight excluding hydrogens is 304 g/mol. The molecule has 0 radical (unpaired) electrons. The molecule has 1 amide bonds. The Labute approximate surface area is 140 Å². The van der Waals surface area contributed by atoms with E-state index in [0.29, 0.717) is 12.1 Å². The van der Waals surface area contributed by atoms with Gasteiger partial charge in [0.05, 0.1) is 0 Å². The highest BCUT2D eigenvalue weighted by Crippen LogP contribution is 2.37. The fraction of sp³-hybridized carbons (Fsp3) is 0.474. The number of rotatable bonds is 3. The molecule has 2 saturated heterocycles. The van der Waals surface area contributed by atoms with Crippen LogP contribution in [0.25, 0.3) is 11.0 Å². The standard InChI is InChI=1S/C19H22N2O3/c1-2-13-4-5-15-14(11-17(22)24-16(15)10-13)12-21-9-3-6-19(21)7-8-20-18(19)23/h4-5,10-11H,2-3,6-9,12H2,1H3,(H,20,23)/t19-/m1/s1. The molecular formula is C19H22N2O3. The van der Waals surface area contributed by atoms with Crippen LogP contribution in [0, 0.1) is 0 Å². The van der Waals surface area contributed by atoms with Gasteiger partial charge in [0, 0.05) is 24.5 Å². The average molecular weight is 326 g/mol. The Hall–Kier alpha value is -2.14. The molecule has 5 nitrogen and oxygen atoms in total. The van der Waals surface area contributed by atoms with Crippen molar-refractivity contribution >= 4 is 16.9 Å². The molecule has 1 spiro atoms. The zero-order chi connectivity index (χ0) is 16.7. The predicted molar refractivity (Wildman–Crippen MR) is 91.9 cm³/mol. The smallest absolute Gasteiger partial charge is 0.336 e. The van der Waals surface area contributed by atoms with Crippen molar-refractivity contribution in [1.29, 1.82) is 0 Å². The van der Waals surface area contributed by atoms with Gasteiger partial charge in [0.2, 0.25) is 5.91 Å². The van der Waals surface area contributed by atoms with Crippen LogP contribution >= 0.6 is 0 Å². The summed E-state index contributed by atoms with van der Waals surface area (Å²) in [6.07, 6.45) is 3.68. The summed E-state index contributed by atoms with van der Waals surface area (Å²) in [5, 5.41) is 3.94. The lowest BCUT2D eigenvalue weighted by Crippen LogP contribution is -2.49. The molecule has 0 saturated carbocycles. The van der Waals surface area contributed by atoms with Gasteiger partial charge in [-0.05, 0) is 49.4 Å². The van der Waals surface area contributed by atoms with Gasteiger partial charge >= 0.3 is 5.63 Å². The molecule has 3 heterocycles. The molecule has 2 aliphatic rings. The third kappa shape index (κ3) is 2.35. The quantitative estimate of drug-likeness (QED) is 0.879. The maximum Gasteiger partial charge on any atom is 0.336 e. The second kappa shape index (κ2) is 5.74. The van der Waals surface area contributed by atoms with Crippen LogP contribution in [0.4, 0.5) is 0 Å². The van der Waals surface area contributed by atoms with E-state index >= 15 is 0 Å². The Bertz CT molecular complexity index is 853. The number of hydrogen-bond acceptors (Lipinski definition) is 4. The second-order valence-corrected chi connectivity index (χ2v) is 6.84. The van der Waals surface area contributed by atoms with Crippen molar-refractivity contribution in [3.63, 3.8) is 0 Å². The van der Waals surface area contributed by atoms with Gasteiger partial charge in [-0.3, -0.25) is 9.69 Å². The molecule has 1 aromatic heterocycles. The molecule has 1 aromatic carbocycles. The number of nitrogens with one attached hydrogen (secondary N) is 1. The Morgan fingerprint density at radius 2 is 2.12 bits per heavy atom. The van der Waals surface area contributed by atoms with Crippen LogP contribution in [0.5, 0.6) is 0 Å². The van der Waals surface area contributed by atoms with Crippen LogP contribution in [0.2, 0.25) is 0 Å². The first kappa shape index (κ1) is 15.4. The predicted octanol–water partition coefficient (Wildman–Crippen LogP) is 2.21. The lowest BCUT2D eigenvalue weighted by atomic mass is 9.93. The number of carbonyl (C=O) groups excluding carboxylic acids is 1. The molecule has 1 N–H and O–H groups in total. The molecule has 24 heavy (non-hydrogen) atoms. The highest BCUT2D eigenvalue weighted by atomic mass is 16.4. The van der Waals surface area contributed by atoms with Crippen molar-refractivity contribution in [3.8, 4) is 0 Å². The number of hydrogen-bond donors (Lipinski definition) is 1. The summed E-state index contributed by atoms with van der Waals surface area (Å²) in [6.45, 7) is 4.33. The van der Waals surface area contributed by atoms with E-state index in [1.54, 1.807) is 6.07 Å². The van der Waals surface area contributed by atoms with Gasteiger partial charge in [-0.25, -0.2) is 4.79 Å². The van der Waals surface area contributed by atoms with Gasteiger partial charge in [-0.1, -0.05) is 19.1 Å². The van der Waals surface area contributed by atoms with Gasteiger partial charge in [0.15, 0.2) is 0 Å². The van der Waals surface area contributed by atoms with E-state index in [4.69, 9.17) is 4.42 Å². The Balaban J connectivity index is 1.74. The lowest BCUT2D eigenvalue weighted by Gasteiger charge is -2.32. The zero-order valence-corrected chi connectivity index (χ0v) is 13.9. The minimum absolute atomic E-state index is 0.139. The first-order valence-corrected chi connectivity index (χ1v) is 8.71. The number of aryl methyl sites for hydroxylation is 1. The van der Waals surface area contributed by atoms with E-state index < -0.39 is 0 Å². The second-order valence-electron chi connectivity index (χ2n) is 6.84. The van der Waals surface area contributed by atoms with Gasteiger partial charge in [0.1, 0.15) is 11.1 Å². The third-order valence-corrected chi connectivity index (χ3v) is 5.53. The largest absolute Gasteiger partial charge is 0.423 e. The minimum atomic E-state index is -0.383. The van der Waals surface area contributed by atoms with Crippen molar-refractivity contribution < 1.29 is 9.21 Å². The summed E-state index contributed by atoms with van der Waals surface area (Å²) >= 11 is 0. The first-order chi connectivity index (χ1) is 11.6. The van der Waals surface area contributed by atoms with E-state index in [1.807, 2.05) is 12.1 Å². The van der Waals surface area contributed by atoms with Crippen LogP contribution in [0.1, 0.15) is 37.3 Å². The molecule has 0 unspecified atom stereocenters. The van der Waals surface area contributed by atoms with Crippen molar-refractivity contribution in [3.05, 3.63) is 45.8 Å². The maximum atomic E-state index is 12.4. The summed E-state index contributed by atoms with van der Waals surface area (Å²) in [6, 6.07) is 7.63. The van der Waals surface area contributed by atoms with Gasteiger partial charge in [-0.15, -0.1) is 0 Å². The topological polar surface area (TPSA) is 62.6 Å². The van der Waals surface area contributed by atoms with E-state index in [2.05, 4.69) is 23.2 Å². The number of benzene rings is 1. The minimum Gasteiger partial charge on any atom is -0.423 e. The van der Waals surface area contributed by atoms with Gasteiger partial charge in [-0.2, -0.15) is 0 Å². The van der Waals surface area contributed by atoms with E-state index in [1.165, 1.54) is 0 Å². The van der Waals surface area contributed by atoms with Crippen LogP contribution in [-0.2, 0) is 17.8 Å². The monoisotopic (exact) mass is 326 g/mol. The van der Waals surface area contributed by atoms with E-state index in [0.717, 1.165) is 55.3 Å². The number of carbonyl (C=O) groups is 1. The molecule has 1 atom stereocenters. The Morgan fingerprint density at radius 1 is 1.25 bits per heavy atom. The summed E-state index contributed by atoms with van der Waals surface area (Å²) in [5.41, 5.74) is 2.03. The summed E-state index contributed by atoms with van der Waals surface area (Å²) in [5.74, 6) is 0.139. The Kier molecular flexibility index (Phi) is 3.68. The molecule has 4 rings (SSSR count). The van der Waals surface area contributed by atoms with Crippen molar-refractivity contribution in [2.24, 2.45) is 0 Å². The number of fused-ring (bicyclic) bond motifs is 1. The number of likely N-dealkylation sites (tertiary alicyclic amines) is 1. The van der Waals surface area contributed by atoms with Crippen molar-refractivity contribution in [1.82, 2.24) is 10.2 Å². The van der Waals surface area contributed by atoms with E-state index in [-0.39, 0.29) is 17.1 Å². The number of amides is 1. The molecule has 2 aromatic rings. The molecule has 0 aliphatic carbocycles. The fourth-order valence-corrected chi connectivity index (χ4v) is 4.20. The fourth-order valence-electron chi connectivity index (χ4n) is 4.20. The highest BCUT2D eigenvalue weighted by Gasteiger charge is 2.49. The summed E-state index contributed by atoms with van der Waals surface area (Å²) in [7, 11) is 0. The van der Waals surface area contributed by atoms with Crippen LogP contribution in [-0.4, -0.2) is 29.4 Å². The molecule has 126 valence electrons. The molecule has 2 fully saturated rings. The number of nitrogens with zero attached hydrogens (tertiary/aromatic N) is 1. The third-order valence-electron chi connectivity index (χ3n) is 5.53. The molecule has 5 heteroatoms. The van der Waals surface area contributed by atoms with Crippen molar-refractivity contribution in [2.75, 3.05) is 13.1 Å². The van der Waals surface area contributed by atoms with Crippen LogP contribution in [0.3, 0.4) is 0 Å². The summed E-state index contributed by atoms with van der Waals surface area (Å²) < 4.78 is 5.39. The van der Waals surface area contributed by atoms with E-state index in [9.17, 15) is 9.59 Å². The van der Waals surface area contributed by atoms with Crippen LogP contribution in [0.15, 0.2) is 33.5 Å². The zero-order valence-electron chi connectivity index (χ0n) is 13.9. The normalized spacial score (nSPS) is 24.1. The highest BCUT2D eigenvalue weighted by molar-refractivity contribution is 5.89. The Morgan fingerprint density at radius 3 is 2.88 bits per heavy atom. The SMILES string of the molecule is CCc1ccc2c(CN3CCC[C@]34CCNC4=O)cc(=O)oc2c1. The lowest BCUT2D eigenvalue weighted by molar-refractivity contribution is -0.128. The van der Waals surface area contributed by atoms with Gasteiger partial charge < -0.3 is 9.73 Å². The molecule has 2 aliphatic heterocycles.